The highest BCUT2D eigenvalue weighted by atomic mass is 16.5. The van der Waals surface area contributed by atoms with Gasteiger partial charge in [0.15, 0.2) is 0 Å². The Morgan fingerprint density at radius 1 is 0.427 bits per heavy atom. The van der Waals surface area contributed by atoms with E-state index >= 15 is 0 Å². The molecule has 516 valence electrons. The van der Waals surface area contributed by atoms with E-state index in [0.29, 0.717) is 41.5 Å². The molecule has 12 aromatic rings. The number of para-hydroxylation sites is 3. The number of nitrogens with one attached hydrogen (secondary N) is 8. The molecule has 3 fully saturated rings. The van der Waals surface area contributed by atoms with Gasteiger partial charge in [0.1, 0.15) is 17.7 Å². The van der Waals surface area contributed by atoms with E-state index in [2.05, 4.69) is 114 Å². The van der Waals surface area contributed by atoms with Gasteiger partial charge in [-0.25, -0.2) is 39.9 Å². The fraction of sp³-hybridized carbons (Fsp3) is 0.165. The van der Waals surface area contributed by atoms with Gasteiger partial charge < -0.3 is 62.0 Å². The van der Waals surface area contributed by atoms with E-state index < -0.39 is 0 Å². The maximum absolute atomic E-state index is 11.7. The lowest BCUT2D eigenvalue weighted by atomic mass is 10.0. The Balaban J connectivity index is 0.000000138. The van der Waals surface area contributed by atoms with Crippen molar-refractivity contribution in [1.82, 2.24) is 60.4 Å². The second kappa shape index (κ2) is 33.0. The van der Waals surface area contributed by atoms with Crippen LogP contribution in [0.1, 0.15) is 11.8 Å². The Morgan fingerprint density at radius 2 is 0.825 bits per heavy atom. The minimum absolute atomic E-state index is 0.0331. The molecule has 3 amide bonds. The Hall–Kier alpha value is -12.7. The highest BCUT2D eigenvalue weighted by Gasteiger charge is 2.20. The highest BCUT2D eigenvalue weighted by molar-refractivity contribution is 6.03. The zero-order chi connectivity index (χ0) is 70.9. The summed E-state index contributed by atoms with van der Waals surface area (Å²) < 4.78 is 5.76. The van der Waals surface area contributed by atoms with Crippen LogP contribution < -0.4 is 52.3 Å². The number of morpholine rings is 1. The van der Waals surface area contributed by atoms with Gasteiger partial charge in [0.05, 0.1) is 64.5 Å². The van der Waals surface area contributed by atoms with Crippen molar-refractivity contribution in [1.29, 1.82) is 0 Å². The molecule has 1 atom stereocenters. The lowest BCUT2D eigenvalue weighted by Crippen LogP contribution is -2.44. The molecule has 1 unspecified atom stereocenters. The SMILES string of the molecule is C=CC(=O)Nc1cccc(-c2cccc3cnc(Nc4ccc(C5CNCCO5)nc4)nc23)c1.C=CC(=O)Nc1cccc(-c2cccc3cnc(Nc4ccc(N5CCN(C)CC5)nc4)nc23)c1.C=CC(=O)Nc1cccc(-c2cccc3cnc(Nc4ccc(N5CCNCC5)nc4)nc23)c1. The van der Waals surface area contributed by atoms with Crippen LogP contribution in [0.15, 0.2) is 239 Å². The van der Waals surface area contributed by atoms with Crippen molar-refractivity contribution < 1.29 is 19.1 Å². The lowest BCUT2D eigenvalue weighted by Gasteiger charge is -2.33. The van der Waals surface area contributed by atoms with E-state index in [4.69, 9.17) is 19.7 Å². The molecule has 3 aliphatic heterocycles. The number of amides is 3. The van der Waals surface area contributed by atoms with Gasteiger partial charge in [-0.05, 0) is 115 Å². The summed E-state index contributed by atoms with van der Waals surface area (Å²) in [5.74, 6) is 2.66. The molecule has 0 spiro atoms. The largest absolute Gasteiger partial charge is 0.369 e. The average molecular weight is 1370 g/mol. The Kier molecular flexibility index (Phi) is 22.0. The van der Waals surface area contributed by atoms with Gasteiger partial charge >= 0.3 is 0 Å². The molecular weight excluding hydrogens is 1290 g/mol. The van der Waals surface area contributed by atoms with E-state index in [-0.39, 0.29) is 23.8 Å². The van der Waals surface area contributed by atoms with Crippen LogP contribution in [-0.2, 0) is 19.1 Å². The summed E-state index contributed by atoms with van der Waals surface area (Å²) in [5, 5.41) is 27.6. The number of carbonyl (C=O) groups is 3. The summed E-state index contributed by atoms with van der Waals surface area (Å²) in [4.78, 5) is 83.6. The van der Waals surface area contributed by atoms with E-state index in [1.807, 2.05) is 182 Å². The van der Waals surface area contributed by atoms with Crippen molar-refractivity contribution >= 4 is 114 Å². The van der Waals surface area contributed by atoms with E-state index in [1.165, 1.54) is 18.2 Å². The summed E-state index contributed by atoms with van der Waals surface area (Å²) >= 11 is 0. The quantitative estimate of drug-likeness (QED) is 0.0371. The predicted octanol–water partition coefficient (Wildman–Crippen LogP) is 12.5. The lowest BCUT2D eigenvalue weighted by molar-refractivity contribution is -0.112. The van der Waals surface area contributed by atoms with Crippen molar-refractivity contribution in [2.24, 2.45) is 0 Å². The molecule has 24 heteroatoms. The monoisotopic (exact) mass is 1370 g/mol. The van der Waals surface area contributed by atoms with Gasteiger partial charge in [-0.3, -0.25) is 19.4 Å². The number of fused-ring (bicyclic) bond motifs is 3. The molecule has 9 heterocycles. The number of ether oxygens (including phenoxy) is 1. The van der Waals surface area contributed by atoms with Gasteiger partial charge in [0.25, 0.3) is 0 Å². The first kappa shape index (κ1) is 68.8. The van der Waals surface area contributed by atoms with Crippen molar-refractivity contribution in [3.05, 3.63) is 245 Å². The van der Waals surface area contributed by atoms with Crippen LogP contribution in [0.3, 0.4) is 0 Å². The van der Waals surface area contributed by atoms with Crippen molar-refractivity contribution in [3.8, 4) is 33.4 Å². The van der Waals surface area contributed by atoms with Gasteiger partial charge in [-0.1, -0.05) is 111 Å². The van der Waals surface area contributed by atoms with Crippen LogP contribution in [0.4, 0.5) is 63.6 Å². The molecule has 103 heavy (non-hydrogen) atoms. The molecule has 0 saturated carbocycles. The zero-order valence-corrected chi connectivity index (χ0v) is 56.8. The molecule has 0 aliphatic carbocycles. The second-order valence-electron chi connectivity index (χ2n) is 24.4. The number of nitrogens with zero attached hydrogens (tertiary/aromatic N) is 12. The summed E-state index contributed by atoms with van der Waals surface area (Å²) in [6.07, 6.45) is 14.5. The standard InChI is InChI=1S/C27H27N7O.C26H25N7O.C26H24N6O2/c1-3-25(35)30-21-8-4-6-19(16-21)23-9-5-7-20-17-29-27(32-26(20)23)31-22-10-11-24(28-18-22)34-14-12-33(2)13-15-34;1-2-24(34)30-20-7-3-5-18(15-20)22-8-4-6-19-16-29-26(32-25(19)22)31-21-9-10-23(28-17-21)33-13-11-27-12-14-33;1-2-24(33)30-19-7-3-5-17(13-19)21-8-4-6-18-14-29-26(32-25(18)21)31-20-9-10-22(28-15-20)23-16-27-11-12-34-23/h3-11,16-18H,1,12-15H2,2H3,(H,30,35)(H,29,31,32);2-10,15-17,27H,1,11-14H2,(H,30,34)(H,29,31,32);2-10,13-15,23,27H,1,11-12,16H2,(H,30,33)(H,29,31,32). The number of likely N-dealkylation sites (N-methyl/N-ethyl adjacent to an activating group) is 1. The van der Waals surface area contributed by atoms with Gasteiger partial charge in [0.2, 0.25) is 35.6 Å². The number of benzene rings is 6. The predicted molar refractivity (Wildman–Crippen MR) is 410 cm³/mol. The number of piperazine rings is 2. The summed E-state index contributed by atoms with van der Waals surface area (Å²) in [6, 6.07) is 52.8. The third-order valence-corrected chi connectivity index (χ3v) is 17.3. The van der Waals surface area contributed by atoms with Crippen LogP contribution in [-0.4, -0.2) is 147 Å². The molecule has 8 N–H and O–H groups in total. The smallest absolute Gasteiger partial charge is 0.247 e. The third-order valence-electron chi connectivity index (χ3n) is 17.3. The Bertz CT molecular complexity index is 4810. The maximum atomic E-state index is 11.7. The first-order valence-corrected chi connectivity index (χ1v) is 33.8. The maximum Gasteiger partial charge on any atom is 0.247 e. The van der Waals surface area contributed by atoms with Crippen LogP contribution in [0.5, 0.6) is 0 Å². The number of rotatable bonds is 18. The third kappa shape index (κ3) is 17.6. The normalized spacial score (nSPS) is 14.4. The average Bonchev–Trinajstić information content (AvgIpc) is 0.810. The van der Waals surface area contributed by atoms with Gasteiger partial charge in [-0.15, -0.1) is 0 Å². The van der Waals surface area contributed by atoms with Crippen molar-refractivity contribution in [2.75, 3.05) is 121 Å². The fourth-order valence-corrected chi connectivity index (χ4v) is 12.0. The first-order valence-electron chi connectivity index (χ1n) is 33.8. The molecule has 3 saturated heterocycles. The van der Waals surface area contributed by atoms with E-state index in [0.717, 1.165) is 166 Å². The van der Waals surface area contributed by atoms with E-state index in [1.54, 1.807) is 18.6 Å². The Labute approximate surface area is 595 Å². The summed E-state index contributed by atoms with van der Waals surface area (Å²) in [7, 11) is 2.14. The van der Waals surface area contributed by atoms with Crippen LogP contribution in [0.25, 0.3) is 66.1 Å². The van der Waals surface area contributed by atoms with Crippen LogP contribution >= 0.6 is 0 Å². The molecule has 6 aromatic heterocycles. The van der Waals surface area contributed by atoms with E-state index in [9.17, 15) is 14.4 Å². The molecule has 6 aromatic carbocycles. The highest BCUT2D eigenvalue weighted by Crippen LogP contribution is 2.34. The molecule has 24 nitrogen and oxygen atoms in total. The molecule has 0 radical (unpaired) electrons. The molecule has 0 bridgehead atoms. The summed E-state index contributed by atoms with van der Waals surface area (Å²) in [5.41, 5.74) is 13.5. The van der Waals surface area contributed by atoms with Crippen molar-refractivity contribution in [2.45, 2.75) is 6.10 Å². The number of pyridine rings is 3. The number of hydrogen-bond donors (Lipinski definition) is 8. The second-order valence-corrected chi connectivity index (χ2v) is 24.4. The number of aromatic nitrogens is 9. The molecular formula is C79H76N20O4. The van der Waals surface area contributed by atoms with Crippen LogP contribution in [0.2, 0.25) is 0 Å². The first-order chi connectivity index (χ1) is 50.5. The summed E-state index contributed by atoms with van der Waals surface area (Å²) in [6.45, 7) is 20.7. The van der Waals surface area contributed by atoms with Gasteiger partial charge in [0, 0.05) is 134 Å². The number of hydrogen-bond acceptors (Lipinski definition) is 21. The fourth-order valence-electron chi connectivity index (χ4n) is 12.0. The molecule has 3 aliphatic rings. The minimum Gasteiger partial charge on any atom is -0.369 e. The van der Waals surface area contributed by atoms with Crippen LogP contribution in [0, 0.1) is 0 Å². The number of anilines is 11. The minimum atomic E-state index is -0.255. The number of carbonyl (C=O) groups excluding carboxylic acids is 3. The zero-order valence-electron chi connectivity index (χ0n) is 56.8. The Morgan fingerprint density at radius 3 is 1.19 bits per heavy atom. The molecule has 15 rings (SSSR count). The van der Waals surface area contributed by atoms with Gasteiger partial charge in [-0.2, -0.15) is 0 Å². The van der Waals surface area contributed by atoms with Crippen molar-refractivity contribution in [3.63, 3.8) is 0 Å². The topological polar surface area (TPSA) is 282 Å².